The van der Waals surface area contributed by atoms with E-state index in [1.165, 1.54) is 25.7 Å². The molecule has 0 aromatic heterocycles. The molecule has 0 aliphatic heterocycles. The molecule has 2 nitrogen and oxygen atoms in total. The van der Waals surface area contributed by atoms with Crippen LogP contribution in [0.25, 0.3) is 0 Å². The monoisotopic (exact) mass is 254 g/mol. The highest BCUT2D eigenvalue weighted by Crippen LogP contribution is 2.46. The van der Waals surface area contributed by atoms with Gasteiger partial charge < -0.3 is 5.73 Å². The van der Waals surface area contributed by atoms with E-state index in [1.54, 1.807) is 0 Å². The number of nitrogens with two attached hydrogens (primary N) is 1. The lowest BCUT2D eigenvalue weighted by Gasteiger charge is -2.54. The van der Waals surface area contributed by atoms with E-state index in [0.717, 1.165) is 19.0 Å². The van der Waals surface area contributed by atoms with Gasteiger partial charge in [0.05, 0.1) is 0 Å². The van der Waals surface area contributed by atoms with Crippen molar-refractivity contribution in [2.75, 3.05) is 13.1 Å². The Kier molecular flexibility index (Phi) is 5.25. The molecule has 0 heterocycles. The molecule has 18 heavy (non-hydrogen) atoms. The lowest BCUT2D eigenvalue weighted by atomic mass is 9.63. The van der Waals surface area contributed by atoms with Crippen LogP contribution in [0.2, 0.25) is 0 Å². The highest BCUT2D eigenvalue weighted by Gasteiger charge is 2.46. The highest BCUT2D eigenvalue weighted by molar-refractivity contribution is 5.02. The van der Waals surface area contributed by atoms with Gasteiger partial charge in [0.1, 0.15) is 0 Å². The first-order valence-corrected chi connectivity index (χ1v) is 7.77. The van der Waals surface area contributed by atoms with Crippen molar-refractivity contribution in [2.45, 2.75) is 78.8 Å². The van der Waals surface area contributed by atoms with Gasteiger partial charge in [-0.15, -0.1) is 0 Å². The summed E-state index contributed by atoms with van der Waals surface area (Å²) in [6.45, 7) is 16.1. The third kappa shape index (κ3) is 3.27. The van der Waals surface area contributed by atoms with E-state index in [9.17, 15) is 0 Å². The van der Waals surface area contributed by atoms with Gasteiger partial charge in [-0.1, -0.05) is 34.6 Å². The van der Waals surface area contributed by atoms with E-state index in [0.29, 0.717) is 11.5 Å². The maximum absolute atomic E-state index is 6.25. The summed E-state index contributed by atoms with van der Waals surface area (Å²) in [5.41, 5.74) is 6.90. The van der Waals surface area contributed by atoms with E-state index < -0.39 is 0 Å². The third-order valence-electron chi connectivity index (χ3n) is 4.89. The van der Waals surface area contributed by atoms with Crippen molar-refractivity contribution >= 4 is 0 Å². The molecule has 3 atom stereocenters. The van der Waals surface area contributed by atoms with Gasteiger partial charge in [-0.3, -0.25) is 4.90 Å². The van der Waals surface area contributed by atoms with E-state index in [4.69, 9.17) is 5.73 Å². The normalized spacial score (nSPS) is 33.7. The molecule has 0 spiro atoms. The van der Waals surface area contributed by atoms with Crippen molar-refractivity contribution in [1.29, 1.82) is 0 Å². The van der Waals surface area contributed by atoms with Crippen LogP contribution < -0.4 is 5.73 Å². The predicted molar refractivity (Wildman–Crippen MR) is 80.7 cm³/mol. The Morgan fingerprint density at radius 2 is 1.89 bits per heavy atom. The summed E-state index contributed by atoms with van der Waals surface area (Å²) in [4.78, 5) is 2.68. The standard InChI is InChI=1S/C16H34N2/c1-7-14(4)18(8-2)16(12-17)10-13(3)9-15(5,6)11-16/h13-14H,7-12,17H2,1-6H3. The molecule has 1 saturated carbocycles. The molecule has 0 bridgehead atoms. The first-order valence-electron chi connectivity index (χ1n) is 7.77. The van der Waals surface area contributed by atoms with Gasteiger partial charge in [-0.05, 0) is 50.5 Å². The molecule has 0 saturated heterocycles. The van der Waals surface area contributed by atoms with Gasteiger partial charge in [-0.2, -0.15) is 0 Å². The molecule has 0 amide bonds. The van der Waals surface area contributed by atoms with Crippen LogP contribution in [0.4, 0.5) is 0 Å². The Hall–Kier alpha value is -0.0800. The summed E-state index contributed by atoms with van der Waals surface area (Å²) in [5, 5.41) is 0. The summed E-state index contributed by atoms with van der Waals surface area (Å²) in [6.07, 6.45) is 5.07. The number of likely N-dealkylation sites (N-methyl/N-ethyl adjacent to an activating group) is 1. The van der Waals surface area contributed by atoms with Gasteiger partial charge in [0.15, 0.2) is 0 Å². The van der Waals surface area contributed by atoms with Crippen LogP contribution in [0.3, 0.4) is 0 Å². The Labute approximate surface area is 114 Å². The lowest BCUT2D eigenvalue weighted by Crippen LogP contribution is -2.61. The van der Waals surface area contributed by atoms with Crippen LogP contribution in [-0.4, -0.2) is 29.6 Å². The maximum Gasteiger partial charge on any atom is 0.0342 e. The second kappa shape index (κ2) is 5.92. The van der Waals surface area contributed by atoms with Gasteiger partial charge in [0, 0.05) is 18.1 Å². The number of hydrogen-bond acceptors (Lipinski definition) is 2. The molecule has 0 aromatic rings. The number of rotatable bonds is 5. The van der Waals surface area contributed by atoms with Crippen LogP contribution in [0.15, 0.2) is 0 Å². The zero-order valence-electron chi connectivity index (χ0n) is 13.4. The highest BCUT2D eigenvalue weighted by atomic mass is 15.2. The molecule has 108 valence electrons. The minimum Gasteiger partial charge on any atom is -0.329 e. The third-order valence-corrected chi connectivity index (χ3v) is 4.89. The fraction of sp³-hybridized carbons (Fsp3) is 1.00. The smallest absolute Gasteiger partial charge is 0.0342 e. The summed E-state index contributed by atoms with van der Waals surface area (Å²) in [5.74, 6) is 0.787. The first-order chi connectivity index (χ1) is 8.30. The second-order valence-electron chi connectivity index (χ2n) is 7.33. The van der Waals surface area contributed by atoms with Gasteiger partial charge >= 0.3 is 0 Å². The van der Waals surface area contributed by atoms with Gasteiger partial charge in [0.2, 0.25) is 0 Å². The van der Waals surface area contributed by atoms with Crippen molar-refractivity contribution in [3.05, 3.63) is 0 Å². The zero-order valence-corrected chi connectivity index (χ0v) is 13.4. The van der Waals surface area contributed by atoms with Crippen LogP contribution >= 0.6 is 0 Å². The number of nitrogens with zero attached hydrogens (tertiary/aromatic N) is 1. The first kappa shape index (κ1) is 16.0. The predicted octanol–water partition coefficient (Wildman–Crippen LogP) is 3.65. The molecule has 2 heteroatoms. The van der Waals surface area contributed by atoms with Crippen LogP contribution in [-0.2, 0) is 0 Å². The zero-order chi connectivity index (χ0) is 14.0. The summed E-state index contributed by atoms with van der Waals surface area (Å²) >= 11 is 0. The van der Waals surface area contributed by atoms with Crippen LogP contribution in [0.5, 0.6) is 0 Å². The van der Waals surface area contributed by atoms with Crippen molar-refractivity contribution in [2.24, 2.45) is 17.1 Å². The Morgan fingerprint density at radius 1 is 1.28 bits per heavy atom. The second-order valence-corrected chi connectivity index (χ2v) is 7.33. The summed E-state index contributed by atoms with van der Waals surface area (Å²) < 4.78 is 0. The molecule has 2 N–H and O–H groups in total. The van der Waals surface area contributed by atoms with Gasteiger partial charge in [0.25, 0.3) is 0 Å². The molecule has 1 rings (SSSR count). The van der Waals surface area contributed by atoms with Crippen molar-refractivity contribution in [3.63, 3.8) is 0 Å². The fourth-order valence-corrected chi connectivity index (χ4v) is 4.53. The Bertz CT molecular complexity index is 262. The quantitative estimate of drug-likeness (QED) is 0.811. The largest absolute Gasteiger partial charge is 0.329 e. The van der Waals surface area contributed by atoms with E-state index in [2.05, 4.69) is 46.4 Å². The summed E-state index contributed by atoms with van der Waals surface area (Å²) in [7, 11) is 0. The summed E-state index contributed by atoms with van der Waals surface area (Å²) in [6, 6.07) is 0.639. The Balaban J connectivity index is 3.02. The van der Waals surface area contributed by atoms with Crippen molar-refractivity contribution in [1.82, 2.24) is 4.90 Å². The average Bonchev–Trinajstić information content (AvgIpc) is 2.26. The van der Waals surface area contributed by atoms with Gasteiger partial charge in [-0.25, -0.2) is 0 Å². The SMILES string of the molecule is CCC(C)N(CC)C1(CN)CC(C)CC(C)(C)C1. The topological polar surface area (TPSA) is 29.3 Å². The molecule has 3 unspecified atom stereocenters. The van der Waals surface area contributed by atoms with Crippen LogP contribution in [0.1, 0.15) is 67.2 Å². The molecule has 1 fully saturated rings. The minimum absolute atomic E-state index is 0.228. The fourth-order valence-electron chi connectivity index (χ4n) is 4.53. The van der Waals surface area contributed by atoms with Crippen molar-refractivity contribution in [3.8, 4) is 0 Å². The molecule has 1 aliphatic rings. The van der Waals surface area contributed by atoms with Crippen molar-refractivity contribution < 1.29 is 0 Å². The number of hydrogen-bond donors (Lipinski definition) is 1. The van der Waals surface area contributed by atoms with E-state index in [-0.39, 0.29) is 5.54 Å². The molecule has 0 radical (unpaired) electrons. The average molecular weight is 254 g/mol. The maximum atomic E-state index is 6.25. The molecule has 0 aromatic carbocycles. The van der Waals surface area contributed by atoms with E-state index in [1.807, 2.05) is 0 Å². The molecule has 1 aliphatic carbocycles. The molecular formula is C16H34N2. The van der Waals surface area contributed by atoms with Crippen LogP contribution in [0, 0.1) is 11.3 Å². The lowest BCUT2D eigenvalue weighted by molar-refractivity contribution is -0.0302. The minimum atomic E-state index is 0.228. The van der Waals surface area contributed by atoms with E-state index >= 15 is 0 Å². The molecular weight excluding hydrogens is 220 g/mol. The Morgan fingerprint density at radius 3 is 2.28 bits per heavy atom.